The fourth-order valence-corrected chi connectivity index (χ4v) is 1.77. The zero-order valence-corrected chi connectivity index (χ0v) is 11.7. The molecular weight excluding hydrogens is 210 g/mol. The number of nitrogens with one attached hydrogen (secondary N) is 1. The molecule has 0 saturated heterocycles. The third-order valence-corrected chi connectivity index (χ3v) is 2.85. The average Bonchev–Trinajstić information content (AvgIpc) is 2.28. The highest BCUT2D eigenvalue weighted by Gasteiger charge is 2.08. The summed E-state index contributed by atoms with van der Waals surface area (Å²) in [5.41, 5.74) is 1.28. The van der Waals surface area contributed by atoms with Crippen molar-refractivity contribution in [2.45, 2.75) is 59.2 Å². The maximum atomic E-state index is 5.83. The minimum Gasteiger partial charge on any atom is -0.491 e. The summed E-state index contributed by atoms with van der Waals surface area (Å²) in [6, 6.07) is 9.21. The second-order valence-corrected chi connectivity index (χ2v) is 4.95. The van der Waals surface area contributed by atoms with Crippen LogP contribution in [0.4, 0.5) is 0 Å². The van der Waals surface area contributed by atoms with E-state index in [1.807, 2.05) is 6.07 Å². The van der Waals surface area contributed by atoms with Crippen LogP contribution in [0.2, 0.25) is 0 Å². The van der Waals surface area contributed by atoms with Crippen LogP contribution in [0.3, 0.4) is 0 Å². The highest BCUT2D eigenvalue weighted by molar-refractivity contribution is 5.30. The van der Waals surface area contributed by atoms with E-state index in [2.05, 4.69) is 58.1 Å². The van der Waals surface area contributed by atoms with E-state index in [1.165, 1.54) is 5.56 Å². The Kier molecular flexibility index (Phi) is 5.49. The largest absolute Gasteiger partial charge is 0.491 e. The van der Waals surface area contributed by atoms with Crippen LogP contribution in [0.5, 0.6) is 5.75 Å². The van der Waals surface area contributed by atoms with Crippen LogP contribution in [0.25, 0.3) is 0 Å². The third-order valence-electron chi connectivity index (χ3n) is 2.85. The lowest BCUT2D eigenvalue weighted by atomic mass is 10.1. The van der Waals surface area contributed by atoms with Gasteiger partial charge in [-0.2, -0.15) is 0 Å². The van der Waals surface area contributed by atoms with Gasteiger partial charge >= 0.3 is 0 Å². The first kappa shape index (κ1) is 14.0. The Morgan fingerprint density at radius 1 is 1.18 bits per heavy atom. The molecule has 1 N–H and O–H groups in total. The molecule has 17 heavy (non-hydrogen) atoms. The topological polar surface area (TPSA) is 21.3 Å². The van der Waals surface area contributed by atoms with E-state index in [1.54, 1.807) is 0 Å². The Labute approximate surface area is 105 Å². The zero-order valence-electron chi connectivity index (χ0n) is 11.7. The van der Waals surface area contributed by atoms with Crippen molar-refractivity contribution in [3.05, 3.63) is 29.8 Å². The highest BCUT2D eigenvalue weighted by atomic mass is 16.5. The SMILES string of the molecule is CCC(C)Oc1cccc(C(C)NC(C)C)c1. The Morgan fingerprint density at radius 3 is 2.47 bits per heavy atom. The van der Waals surface area contributed by atoms with Gasteiger partial charge in [-0.25, -0.2) is 0 Å². The molecule has 1 aromatic carbocycles. The fourth-order valence-electron chi connectivity index (χ4n) is 1.77. The molecule has 0 aliphatic carbocycles. The van der Waals surface area contributed by atoms with Gasteiger partial charge in [-0.3, -0.25) is 0 Å². The van der Waals surface area contributed by atoms with E-state index < -0.39 is 0 Å². The van der Waals surface area contributed by atoms with Crippen molar-refractivity contribution in [3.63, 3.8) is 0 Å². The van der Waals surface area contributed by atoms with E-state index >= 15 is 0 Å². The summed E-state index contributed by atoms with van der Waals surface area (Å²) in [6.07, 6.45) is 1.31. The monoisotopic (exact) mass is 235 g/mol. The molecule has 2 nitrogen and oxygen atoms in total. The maximum absolute atomic E-state index is 5.83. The molecule has 0 bridgehead atoms. The summed E-state index contributed by atoms with van der Waals surface area (Å²) in [5.74, 6) is 0.967. The first-order valence-corrected chi connectivity index (χ1v) is 6.55. The number of hydrogen-bond donors (Lipinski definition) is 1. The van der Waals surface area contributed by atoms with Crippen molar-refractivity contribution in [2.75, 3.05) is 0 Å². The van der Waals surface area contributed by atoms with Crippen molar-refractivity contribution in [1.29, 1.82) is 0 Å². The molecule has 0 amide bonds. The van der Waals surface area contributed by atoms with Gasteiger partial charge in [0, 0.05) is 12.1 Å². The third kappa shape index (κ3) is 4.78. The predicted octanol–water partition coefficient (Wildman–Crippen LogP) is 3.92. The van der Waals surface area contributed by atoms with Crippen molar-refractivity contribution in [3.8, 4) is 5.75 Å². The number of benzene rings is 1. The summed E-state index contributed by atoms with van der Waals surface area (Å²) in [4.78, 5) is 0. The number of hydrogen-bond acceptors (Lipinski definition) is 2. The minimum atomic E-state index is 0.276. The molecule has 1 aromatic rings. The summed E-state index contributed by atoms with van der Waals surface area (Å²) in [5, 5.41) is 3.50. The Morgan fingerprint density at radius 2 is 1.88 bits per heavy atom. The van der Waals surface area contributed by atoms with Crippen molar-refractivity contribution in [1.82, 2.24) is 5.32 Å². The standard InChI is InChI=1S/C15H25NO/c1-6-12(4)17-15-9-7-8-14(10-15)13(5)16-11(2)3/h7-13,16H,6H2,1-5H3. The molecule has 0 saturated carbocycles. The lowest BCUT2D eigenvalue weighted by Gasteiger charge is -2.19. The lowest BCUT2D eigenvalue weighted by molar-refractivity contribution is 0.217. The fraction of sp³-hybridized carbons (Fsp3) is 0.600. The zero-order chi connectivity index (χ0) is 12.8. The molecule has 0 aliphatic heterocycles. The van der Waals surface area contributed by atoms with Gasteiger partial charge in [0.15, 0.2) is 0 Å². The van der Waals surface area contributed by atoms with E-state index in [9.17, 15) is 0 Å². The second-order valence-electron chi connectivity index (χ2n) is 4.95. The summed E-state index contributed by atoms with van der Waals surface area (Å²) >= 11 is 0. The van der Waals surface area contributed by atoms with Crippen LogP contribution in [0, 0.1) is 0 Å². The molecule has 0 fully saturated rings. The van der Waals surface area contributed by atoms with Crippen LogP contribution >= 0.6 is 0 Å². The predicted molar refractivity (Wildman–Crippen MR) is 73.5 cm³/mol. The van der Waals surface area contributed by atoms with Gasteiger partial charge in [-0.15, -0.1) is 0 Å². The van der Waals surface area contributed by atoms with E-state index in [0.717, 1.165) is 12.2 Å². The number of ether oxygens (including phenoxy) is 1. The normalized spacial score (nSPS) is 14.7. The van der Waals surface area contributed by atoms with Crippen LogP contribution in [-0.4, -0.2) is 12.1 Å². The van der Waals surface area contributed by atoms with E-state index in [0.29, 0.717) is 12.1 Å². The average molecular weight is 235 g/mol. The molecule has 1 rings (SSSR count). The summed E-state index contributed by atoms with van der Waals surface area (Å²) in [7, 11) is 0. The molecule has 2 unspecified atom stereocenters. The van der Waals surface area contributed by atoms with Crippen LogP contribution in [0.1, 0.15) is 52.6 Å². The first-order chi connectivity index (χ1) is 8.02. The van der Waals surface area contributed by atoms with E-state index in [4.69, 9.17) is 4.74 Å². The Hall–Kier alpha value is -1.02. The van der Waals surface area contributed by atoms with Gasteiger partial charge < -0.3 is 10.1 Å². The van der Waals surface area contributed by atoms with Gasteiger partial charge in [0.1, 0.15) is 5.75 Å². The number of rotatable bonds is 6. The van der Waals surface area contributed by atoms with Crippen LogP contribution in [0.15, 0.2) is 24.3 Å². The molecule has 2 heteroatoms. The lowest BCUT2D eigenvalue weighted by Crippen LogP contribution is -2.26. The van der Waals surface area contributed by atoms with Gasteiger partial charge in [0.05, 0.1) is 6.10 Å². The van der Waals surface area contributed by atoms with Gasteiger partial charge in [0.25, 0.3) is 0 Å². The van der Waals surface area contributed by atoms with E-state index in [-0.39, 0.29) is 6.10 Å². The first-order valence-electron chi connectivity index (χ1n) is 6.55. The van der Waals surface area contributed by atoms with Gasteiger partial charge in [-0.1, -0.05) is 32.9 Å². The molecule has 0 aliphatic rings. The molecule has 2 atom stereocenters. The summed E-state index contributed by atoms with van der Waals surface area (Å²) < 4.78 is 5.83. The van der Waals surface area contributed by atoms with Crippen LogP contribution in [-0.2, 0) is 0 Å². The molecule has 0 radical (unpaired) electrons. The Balaban J connectivity index is 2.71. The molecular formula is C15H25NO. The van der Waals surface area contributed by atoms with Gasteiger partial charge in [0.2, 0.25) is 0 Å². The van der Waals surface area contributed by atoms with Crippen molar-refractivity contribution < 1.29 is 4.74 Å². The molecule has 0 spiro atoms. The highest BCUT2D eigenvalue weighted by Crippen LogP contribution is 2.20. The van der Waals surface area contributed by atoms with Crippen LogP contribution < -0.4 is 10.1 Å². The minimum absolute atomic E-state index is 0.276. The van der Waals surface area contributed by atoms with Gasteiger partial charge in [-0.05, 0) is 38.0 Å². The van der Waals surface area contributed by atoms with Crippen molar-refractivity contribution >= 4 is 0 Å². The summed E-state index contributed by atoms with van der Waals surface area (Å²) in [6.45, 7) is 10.7. The smallest absolute Gasteiger partial charge is 0.120 e. The molecule has 96 valence electrons. The quantitative estimate of drug-likeness (QED) is 0.807. The molecule has 0 aromatic heterocycles. The Bertz CT molecular complexity index is 335. The second kappa shape index (κ2) is 6.65. The van der Waals surface area contributed by atoms with Crippen molar-refractivity contribution in [2.24, 2.45) is 0 Å². The molecule has 0 heterocycles. The maximum Gasteiger partial charge on any atom is 0.120 e.